The minimum absolute atomic E-state index is 0.0278. The average molecular weight is 195 g/mol. The van der Waals surface area contributed by atoms with Gasteiger partial charge >= 0.3 is 0 Å². The van der Waals surface area contributed by atoms with E-state index in [0.29, 0.717) is 19.5 Å². The summed E-state index contributed by atoms with van der Waals surface area (Å²) in [7, 11) is 0. The average Bonchev–Trinajstić information content (AvgIpc) is 2.14. The third kappa shape index (κ3) is 5.36. The summed E-state index contributed by atoms with van der Waals surface area (Å²) in [6.45, 7) is 4.48. The lowest BCUT2D eigenvalue weighted by Crippen LogP contribution is -2.32. The van der Waals surface area contributed by atoms with E-state index >= 15 is 0 Å². The first kappa shape index (κ1) is 12.7. The maximum Gasteiger partial charge on any atom is 0.223 e. The molecule has 0 aromatic carbocycles. The lowest BCUT2D eigenvalue weighted by Gasteiger charge is -2.18. The van der Waals surface area contributed by atoms with Gasteiger partial charge < -0.3 is 9.69 Å². The van der Waals surface area contributed by atoms with Crippen molar-refractivity contribution in [2.45, 2.75) is 33.1 Å². The fraction of sp³-hybridized carbons (Fsp3) is 0.636. The van der Waals surface area contributed by atoms with Gasteiger partial charge in [0.1, 0.15) is 5.78 Å². The number of Topliss-reactive ketones (excluding diaryl/α,β-unsaturated/α-hetero) is 1. The summed E-state index contributed by atoms with van der Waals surface area (Å²) >= 11 is 0. The zero-order valence-corrected chi connectivity index (χ0v) is 8.88. The van der Waals surface area contributed by atoms with Crippen molar-refractivity contribution in [3.05, 3.63) is 0 Å². The summed E-state index contributed by atoms with van der Waals surface area (Å²) in [5.41, 5.74) is 0. The van der Waals surface area contributed by atoms with Crippen LogP contribution in [-0.4, -0.2) is 29.7 Å². The molecule has 14 heavy (non-hydrogen) atoms. The van der Waals surface area contributed by atoms with Crippen LogP contribution in [0.1, 0.15) is 33.1 Å². The molecule has 0 unspecified atom stereocenters. The number of ketones is 1. The molecule has 0 N–H and O–H groups in total. The SMILES string of the molecule is C#CCN(CCC)C(=O)CCC(C)=O. The van der Waals surface area contributed by atoms with Crippen LogP contribution in [-0.2, 0) is 9.59 Å². The van der Waals surface area contributed by atoms with E-state index in [9.17, 15) is 9.59 Å². The summed E-state index contributed by atoms with van der Waals surface area (Å²) in [6, 6.07) is 0. The first-order chi connectivity index (χ1) is 6.61. The quantitative estimate of drug-likeness (QED) is 0.598. The number of hydrogen-bond acceptors (Lipinski definition) is 2. The van der Waals surface area contributed by atoms with E-state index in [4.69, 9.17) is 6.42 Å². The van der Waals surface area contributed by atoms with E-state index < -0.39 is 0 Å². The van der Waals surface area contributed by atoms with Crippen LogP contribution >= 0.6 is 0 Å². The Morgan fingerprint density at radius 2 is 2.00 bits per heavy atom. The lowest BCUT2D eigenvalue weighted by atomic mass is 10.2. The van der Waals surface area contributed by atoms with Crippen LogP contribution in [0, 0.1) is 12.3 Å². The van der Waals surface area contributed by atoms with Crippen LogP contribution in [0.5, 0.6) is 0 Å². The Labute approximate surface area is 85.5 Å². The zero-order valence-electron chi connectivity index (χ0n) is 8.88. The molecule has 3 heteroatoms. The van der Waals surface area contributed by atoms with Crippen LogP contribution in [0.4, 0.5) is 0 Å². The van der Waals surface area contributed by atoms with Crippen molar-refractivity contribution in [2.75, 3.05) is 13.1 Å². The second-order valence-corrected chi connectivity index (χ2v) is 3.22. The molecule has 0 aliphatic rings. The molecular weight excluding hydrogens is 178 g/mol. The number of amides is 1. The fourth-order valence-electron chi connectivity index (χ4n) is 1.11. The standard InChI is InChI=1S/C11H17NO2/c1-4-8-12(9-5-2)11(14)7-6-10(3)13/h1H,5-9H2,2-3H3. The zero-order chi connectivity index (χ0) is 11.0. The molecule has 0 atom stereocenters. The van der Waals surface area contributed by atoms with E-state index in [1.54, 1.807) is 4.90 Å². The van der Waals surface area contributed by atoms with Gasteiger partial charge in [0.15, 0.2) is 0 Å². The van der Waals surface area contributed by atoms with Gasteiger partial charge in [0.25, 0.3) is 0 Å². The largest absolute Gasteiger partial charge is 0.332 e. The second-order valence-electron chi connectivity index (χ2n) is 3.22. The molecule has 0 fully saturated rings. The summed E-state index contributed by atoms with van der Waals surface area (Å²) < 4.78 is 0. The molecule has 0 saturated carbocycles. The maximum absolute atomic E-state index is 11.5. The van der Waals surface area contributed by atoms with E-state index in [2.05, 4.69) is 5.92 Å². The molecular formula is C11H17NO2. The number of carbonyl (C=O) groups is 2. The Morgan fingerprint density at radius 1 is 1.36 bits per heavy atom. The normalized spacial score (nSPS) is 9.21. The van der Waals surface area contributed by atoms with Gasteiger partial charge in [-0.1, -0.05) is 12.8 Å². The van der Waals surface area contributed by atoms with Crippen molar-refractivity contribution < 1.29 is 9.59 Å². The van der Waals surface area contributed by atoms with E-state index in [1.165, 1.54) is 6.92 Å². The van der Waals surface area contributed by atoms with Crippen molar-refractivity contribution in [3.63, 3.8) is 0 Å². The van der Waals surface area contributed by atoms with E-state index in [-0.39, 0.29) is 18.1 Å². The Bertz CT molecular complexity index is 240. The second kappa shape index (κ2) is 7.14. The van der Waals surface area contributed by atoms with Gasteiger partial charge in [-0.25, -0.2) is 0 Å². The molecule has 0 aliphatic heterocycles. The molecule has 1 amide bonds. The monoisotopic (exact) mass is 195 g/mol. The maximum atomic E-state index is 11.5. The van der Waals surface area contributed by atoms with Crippen molar-refractivity contribution in [1.82, 2.24) is 4.90 Å². The summed E-state index contributed by atoms with van der Waals surface area (Å²) in [4.78, 5) is 23.8. The highest BCUT2D eigenvalue weighted by Gasteiger charge is 2.11. The van der Waals surface area contributed by atoms with Gasteiger partial charge in [0.2, 0.25) is 5.91 Å². The molecule has 3 nitrogen and oxygen atoms in total. The first-order valence-corrected chi connectivity index (χ1v) is 4.82. The number of rotatable bonds is 6. The molecule has 78 valence electrons. The van der Waals surface area contributed by atoms with Crippen LogP contribution in [0.25, 0.3) is 0 Å². The Hall–Kier alpha value is -1.30. The molecule has 0 heterocycles. The van der Waals surface area contributed by atoms with Crippen LogP contribution in [0.3, 0.4) is 0 Å². The topological polar surface area (TPSA) is 37.4 Å². The predicted molar refractivity (Wildman–Crippen MR) is 55.6 cm³/mol. The highest BCUT2D eigenvalue weighted by molar-refractivity contribution is 5.83. The fourth-order valence-corrected chi connectivity index (χ4v) is 1.11. The van der Waals surface area contributed by atoms with E-state index in [0.717, 1.165) is 6.42 Å². The Balaban J connectivity index is 4.02. The van der Waals surface area contributed by atoms with Gasteiger partial charge in [-0.2, -0.15) is 0 Å². The summed E-state index contributed by atoms with van der Waals surface area (Å²) in [6.07, 6.45) is 6.61. The van der Waals surface area contributed by atoms with Crippen molar-refractivity contribution in [2.24, 2.45) is 0 Å². The van der Waals surface area contributed by atoms with Gasteiger partial charge in [0, 0.05) is 19.4 Å². The molecule has 0 aliphatic carbocycles. The third-order valence-electron chi connectivity index (χ3n) is 1.82. The smallest absolute Gasteiger partial charge is 0.223 e. The lowest BCUT2D eigenvalue weighted by molar-refractivity contribution is -0.132. The van der Waals surface area contributed by atoms with E-state index in [1.807, 2.05) is 6.92 Å². The minimum atomic E-state index is -0.0278. The third-order valence-corrected chi connectivity index (χ3v) is 1.82. The van der Waals surface area contributed by atoms with Crippen molar-refractivity contribution in [3.8, 4) is 12.3 Å². The highest BCUT2D eigenvalue weighted by Crippen LogP contribution is 1.99. The van der Waals surface area contributed by atoms with Gasteiger partial charge in [-0.3, -0.25) is 4.79 Å². The summed E-state index contributed by atoms with van der Waals surface area (Å²) in [5, 5.41) is 0. The van der Waals surface area contributed by atoms with Gasteiger partial charge in [-0.05, 0) is 13.3 Å². The Kier molecular flexibility index (Phi) is 6.47. The summed E-state index contributed by atoms with van der Waals surface area (Å²) in [5.74, 6) is 2.45. The molecule has 0 bridgehead atoms. The van der Waals surface area contributed by atoms with Crippen molar-refractivity contribution >= 4 is 11.7 Å². The minimum Gasteiger partial charge on any atom is -0.332 e. The number of nitrogens with zero attached hydrogens (tertiary/aromatic N) is 1. The van der Waals surface area contributed by atoms with Gasteiger partial charge in [-0.15, -0.1) is 6.42 Å². The Morgan fingerprint density at radius 3 is 2.43 bits per heavy atom. The molecule has 0 spiro atoms. The first-order valence-electron chi connectivity index (χ1n) is 4.82. The van der Waals surface area contributed by atoms with Crippen LogP contribution < -0.4 is 0 Å². The van der Waals surface area contributed by atoms with Crippen LogP contribution in [0.2, 0.25) is 0 Å². The predicted octanol–water partition coefficient (Wildman–Crippen LogP) is 1.23. The molecule has 0 aromatic rings. The highest BCUT2D eigenvalue weighted by atomic mass is 16.2. The molecule has 0 radical (unpaired) electrons. The van der Waals surface area contributed by atoms with Crippen LogP contribution in [0.15, 0.2) is 0 Å². The van der Waals surface area contributed by atoms with Gasteiger partial charge in [0.05, 0.1) is 6.54 Å². The molecule has 0 rings (SSSR count). The number of carbonyl (C=O) groups excluding carboxylic acids is 2. The molecule has 0 aromatic heterocycles. The van der Waals surface area contributed by atoms with Crippen molar-refractivity contribution in [1.29, 1.82) is 0 Å². The molecule has 0 saturated heterocycles. The number of hydrogen-bond donors (Lipinski definition) is 0. The number of terminal acetylenes is 1.